The Bertz CT molecular complexity index is 1340. The molecule has 3 saturated heterocycles. The minimum atomic E-state index is -1.03. The summed E-state index contributed by atoms with van der Waals surface area (Å²) >= 11 is 0. The van der Waals surface area contributed by atoms with Gasteiger partial charge in [0.1, 0.15) is 11.7 Å². The van der Waals surface area contributed by atoms with E-state index in [0.717, 1.165) is 32.2 Å². The normalized spacial score (nSPS) is 50.2. The van der Waals surface area contributed by atoms with E-state index in [4.69, 9.17) is 18.9 Å². The molecule has 0 radical (unpaired) electrons. The Labute approximate surface area is 313 Å². The lowest BCUT2D eigenvalue weighted by atomic mass is 9.41. The van der Waals surface area contributed by atoms with Crippen molar-refractivity contribution in [2.45, 2.75) is 155 Å². The fourth-order valence-electron chi connectivity index (χ4n) is 15.4. The minimum Gasteiger partial charge on any atom is -0.395 e. The first-order chi connectivity index (χ1) is 24.4. The monoisotopic (exact) mass is 733 g/mol. The maximum absolute atomic E-state index is 12.6. The molecule has 14 atom stereocenters. The predicted molar refractivity (Wildman–Crippen MR) is 197 cm³/mol. The molecule has 3 heterocycles. The van der Waals surface area contributed by atoms with E-state index in [1.807, 2.05) is 20.8 Å². The summed E-state index contributed by atoms with van der Waals surface area (Å²) < 4.78 is 26.3. The lowest BCUT2D eigenvalue weighted by Crippen LogP contribution is -2.67. The molecule has 52 heavy (non-hydrogen) atoms. The predicted octanol–water partition coefficient (Wildman–Crippen LogP) is 4.06. The van der Waals surface area contributed by atoms with Crippen LogP contribution in [0.5, 0.6) is 0 Å². The van der Waals surface area contributed by atoms with Crippen LogP contribution in [0.1, 0.15) is 107 Å². The number of ether oxygens (including phenoxy) is 4. The second-order valence-electron chi connectivity index (χ2n) is 20.9. The molecule has 8 rings (SSSR count). The summed E-state index contributed by atoms with van der Waals surface area (Å²) in [5.74, 6) is 1.71. The average molecular weight is 733 g/mol. The van der Waals surface area contributed by atoms with Crippen molar-refractivity contribution in [3.8, 4) is 0 Å². The van der Waals surface area contributed by atoms with Crippen LogP contribution in [-0.4, -0.2) is 137 Å². The third kappa shape index (κ3) is 5.45. The largest absolute Gasteiger partial charge is 0.395 e. The molecule has 298 valence electrons. The Kier molecular flexibility index (Phi) is 9.47. The zero-order valence-electron chi connectivity index (χ0n) is 33.6. The van der Waals surface area contributed by atoms with Gasteiger partial charge in [0.15, 0.2) is 6.29 Å². The first kappa shape index (κ1) is 38.5. The number of hydrogen-bond acceptors (Lipinski definition) is 10. The zero-order valence-corrected chi connectivity index (χ0v) is 33.6. The van der Waals surface area contributed by atoms with Crippen LogP contribution in [0, 0.1) is 50.7 Å². The van der Waals surface area contributed by atoms with Crippen LogP contribution in [0.3, 0.4) is 0 Å². The molecule has 10 heteroatoms. The molecular formula is C42H72N2O8. The van der Waals surface area contributed by atoms with E-state index >= 15 is 0 Å². The molecule has 8 fully saturated rings. The second kappa shape index (κ2) is 12.8. The Morgan fingerprint density at radius 2 is 1.69 bits per heavy atom. The third-order valence-corrected chi connectivity index (χ3v) is 17.6. The molecule has 5 aliphatic carbocycles. The van der Waals surface area contributed by atoms with Gasteiger partial charge in [0, 0.05) is 51.3 Å². The number of fused-ring (bicyclic) bond motifs is 4. The smallest absolute Gasteiger partial charge is 0.170 e. The van der Waals surface area contributed by atoms with Crippen molar-refractivity contribution in [1.82, 2.24) is 9.80 Å². The van der Waals surface area contributed by atoms with Crippen molar-refractivity contribution in [2.75, 3.05) is 59.1 Å². The van der Waals surface area contributed by atoms with Gasteiger partial charge in [-0.05, 0) is 117 Å². The lowest BCUT2D eigenvalue weighted by Gasteiger charge is -2.64. The van der Waals surface area contributed by atoms with Gasteiger partial charge in [0.05, 0.1) is 43.2 Å². The molecule has 2 spiro atoms. The number of morpholine rings is 1. The molecule has 8 aliphatic rings. The van der Waals surface area contributed by atoms with E-state index in [2.05, 4.69) is 44.4 Å². The van der Waals surface area contributed by atoms with Gasteiger partial charge in [-0.1, -0.05) is 34.6 Å². The molecule has 5 saturated carbocycles. The quantitative estimate of drug-likeness (QED) is 0.262. The summed E-state index contributed by atoms with van der Waals surface area (Å²) in [6, 6.07) is 0. The van der Waals surface area contributed by atoms with Gasteiger partial charge in [0.25, 0.3) is 0 Å². The molecule has 10 nitrogen and oxygen atoms in total. The molecular weight excluding hydrogens is 660 g/mol. The minimum absolute atomic E-state index is 0.00633. The third-order valence-electron chi connectivity index (χ3n) is 17.6. The van der Waals surface area contributed by atoms with Crippen molar-refractivity contribution in [3.63, 3.8) is 0 Å². The molecule has 3 aliphatic heterocycles. The Morgan fingerprint density at radius 3 is 2.38 bits per heavy atom. The van der Waals surface area contributed by atoms with Gasteiger partial charge in [-0.3, -0.25) is 9.80 Å². The number of rotatable bonds is 10. The molecule has 0 bridgehead atoms. The summed E-state index contributed by atoms with van der Waals surface area (Å²) in [4.78, 5) is 4.41. The Morgan fingerprint density at radius 1 is 0.981 bits per heavy atom. The number of nitrogens with zero attached hydrogens (tertiary/aromatic N) is 2. The highest BCUT2D eigenvalue weighted by atomic mass is 16.7. The molecule has 4 N–H and O–H groups in total. The van der Waals surface area contributed by atoms with E-state index in [9.17, 15) is 20.4 Å². The van der Waals surface area contributed by atoms with Crippen molar-refractivity contribution in [3.05, 3.63) is 0 Å². The van der Waals surface area contributed by atoms with Crippen LogP contribution in [0.2, 0.25) is 0 Å². The van der Waals surface area contributed by atoms with Gasteiger partial charge < -0.3 is 39.4 Å². The summed E-state index contributed by atoms with van der Waals surface area (Å²) in [6.45, 7) is 23.1. The summed E-state index contributed by atoms with van der Waals surface area (Å²) in [6.07, 6.45) is 7.45. The first-order valence-electron chi connectivity index (χ1n) is 21.1. The van der Waals surface area contributed by atoms with Gasteiger partial charge in [-0.2, -0.15) is 0 Å². The van der Waals surface area contributed by atoms with Crippen molar-refractivity contribution >= 4 is 0 Å². The fourth-order valence-corrected chi connectivity index (χ4v) is 15.4. The van der Waals surface area contributed by atoms with Gasteiger partial charge in [0.2, 0.25) is 0 Å². The van der Waals surface area contributed by atoms with Gasteiger partial charge in [-0.15, -0.1) is 0 Å². The van der Waals surface area contributed by atoms with Crippen LogP contribution < -0.4 is 0 Å². The molecule has 0 unspecified atom stereocenters. The standard InChI is InChI=1S/C42H72N2O8/c1-9-49-35(37(5,6)47)27-20-26(2)32-33(51-27)34(46)39(8)29-11-10-28-36(3,4)30(12-13-41(28)22-42(29,41)15-14-38(32,39)7)52-31-21-43(17-19-50-31)23-40(48)24-44(25-40)16-18-45/h26-35,45-48H,9-25H2,1-8H3/t26-,27-,28+,29+,30+,31+,32+,33+,34+,35+,38-,39-,41-,42+/m1/s1. The van der Waals surface area contributed by atoms with E-state index in [0.29, 0.717) is 69.1 Å². The summed E-state index contributed by atoms with van der Waals surface area (Å²) in [5, 5.41) is 44.1. The summed E-state index contributed by atoms with van der Waals surface area (Å²) in [5.41, 5.74) is -1.41. The molecule has 0 aromatic rings. The zero-order chi connectivity index (χ0) is 37.3. The SMILES string of the molecule is CCO[C@@H]([C@H]1C[C@@H](C)[C@H]2[C@H](O1)[C@H](O)[C@@]1(C)[C@@H]3CC[C@H]4C(C)(C)[C@@H](O[C@H]5CN(CC6(O)CN(CCO)C6)CCO5)CC[C@@]45C[C@@]35CC[C@]21C)C(C)(C)O. The Hall–Kier alpha value is -0.400. The molecule has 0 aromatic carbocycles. The number of hydrogen-bond donors (Lipinski definition) is 4. The van der Waals surface area contributed by atoms with E-state index in [1.165, 1.54) is 25.7 Å². The number of aliphatic hydroxyl groups is 4. The van der Waals surface area contributed by atoms with Crippen LogP contribution in [-0.2, 0) is 18.9 Å². The van der Waals surface area contributed by atoms with E-state index in [-0.39, 0.29) is 58.8 Å². The highest BCUT2D eigenvalue weighted by Crippen LogP contribution is 2.89. The Balaban J connectivity index is 0.969. The highest BCUT2D eigenvalue weighted by Gasteiger charge is 2.84. The second-order valence-corrected chi connectivity index (χ2v) is 20.9. The van der Waals surface area contributed by atoms with Crippen LogP contribution in [0.4, 0.5) is 0 Å². The molecule has 0 aromatic heterocycles. The van der Waals surface area contributed by atoms with E-state index in [1.54, 1.807) is 0 Å². The topological polar surface area (TPSA) is 124 Å². The highest BCUT2D eigenvalue weighted by molar-refractivity contribution is 5.33. The van der Waals surface area contributed by atoms with Crippen molar-refractivity contribution in [2.24, 2.45) is 50.7 Å². The number of likely N-dealkylation sites (tertiary alicyclic amines) is 1. The van der Waals surface area contributed by atoms with Crippen LogP contribution >= 0.6 is 0 Å². The van der Waals surface area contributed by atoms with Crippen molar-refractivity contribution < 1.29 is 39.4 Å². The average Bonchev–Trinajstić information content (AvgIpc) is 3.68. The van der Waals surface area contributed by atoms with Gasteiger partial charge >= 0.3 is 0 Å². The first-order valence-corrected chi connectivity index (χ1v) is 21.1. The fraction of sp³-hybridized carbons (Fsp3) is 1.00. The van der Waals surface area contributed by atoms with Crippen LogP contribution in [0.25, 0.3) is 0 Å². The maximum Gasteiger partial charge on any atom is 0.170 e. The van der Waals surface area contributed by atoms with Crippen LogP contribution in [0.15, 0.2) is 0 Å². The number of β-amino-alcohol motifs (C(OH)–C–C–N with tert-alkyl or cyclic N) is 2. The number of aliphatic hydroxyl groups excluding tert-OH is 2. The van der Waals surface area contributed by atoms with Crippen molar-refractivity contribution in [1.29, 1.82) is 0 Å². The van der Waals surface area contributed by atoms with E-state index < -0.39 is 23.4 Å². The van der Waals surface area contributed by atoms with Gasteiger partial charge in [-0.25, -0.2) is 0 Å². The summed E-state index contributed by atoms with van der Waals surface area (Å²) in [7, 11) is 0. The molecule has 0 amide bonds. The maximum atomic E-state index is 12.6. The lowest BCUT2D eigenvalue weighted by molar-refractivity contribution is -0.252.